The maximum atomic E-state index is 11.4. The average molecular weight is 674 g/mol. The van der Waals surface area contributed by atoms with E-state index >= 15 is 0 Å². The number of aromatic nitrogens is 1. The Morgan fingerprint density at radius 1 is 0.938 bits per heavy atom. The van der Waals surface area contributed by atoms with Crippen LogP contribution in [0.4, 0.5) is 0 Å². The van der Waals surface area contributed by atoms with E-state index in [2.05, 4.69) is 47.2 Å². The number of rotatable bonds is 6. The second kappa shape index (κ2) is 12.8. The summed E-state index contributed by atoms with van der Waals surface area (Å²) in [4.78, 5) is 0.742. The highest BCUT2D eigenvalue weighted by atomic mass is 35.5. The fourth-order valence-corrected chi connectivity index (χ4v) is 9.89. The van der Waals surface area contributed by atoms with Gasteiger partial charge in [-0.1, -0.05) is 85.3 Å². The van der Waals surface area contributed by atoms with Gasteiger partial charge in [-0.25, -0.2) is 0 Å². The second-order valence-corrected chi connectivity index (χ2v) is 15.3. The summed E-state index contributed by atoms with van der Waals surface area (Å²) < 4.78 is 2.12. The van der Waals surface area contributed by atoms with E-state index in [1.807, 2.05) is 66.7 Å². The molecule has 0 radical (unpaired) electrons. The molecule has 3 aliphatic carbocycles. The van der Waals surface area contributed by atoms with Gasteiger partial charge in [0.1, 0.15) is 5.75 Å². The van der Waals surface area contributed by atoms with Crippen molar-refractivity contribution in [2.75, 3.05) is 0 Å². The highest BCUT2D eigenvalue weighted by Gasteiger charge is 2.54. The molecule has 5 nitrogen and oxygen atoms in total. The molecule has 0 amide bonds. The fourth-order valence-electron chi connectivity index (χ4n) is 8.91. The van der Waals surface area contributed by atoms with Crippen molar-refractivity contribution in [1.82, 2.24) is 4.57 Å². The van der Waals surface area contributed by atoms with Crippen molar-refractivity contribution >= 4 is 28.6 Å². The third-order valence-electron chi connectivity index (χ3n) is 11.5. The molecule has 4 aromatic carbocycles. The molecule has 0 saturated heterocycles. The Hall–Kier alpha value is -3.97. The highest BCUT2D eigenvalue weighted by molar-refractivity contribution is 7.07. The van der Waals surface area contributed by atoms with E-state index in [1.54, 1.807) is 11.3 Å². The molecule has 5 aromatic rings. The molecule has 0 spiro atoms. The van der Waals surface area contributed by atoms with Crippen LogP contribution in [0.3, 0.4) is 0 Å². The molecule has 48 heavy (non-hydrogen) atoms. The third kappa shape index (κ3) is 5.64. The number of phenolic OH excluding ortho intramolecular Hbond substituents is 1. The molecule has 0 aliphatic heterocycles. The largest absolute Gasteiger partial charge is 0.508 e. The zero-order chi connectivity index (χ0) is 32.8. The summed E-state index contributed by atoms with van der Waals surface area (Å²) in [6.45, 7) is 2.32. The molecule has 0 unspecified atom stereocenters. The maximum Gasteiger partial charge on any atom is 0.215 e. The van der Waals surface area contributed by atoms with E-state index in [-0.39, 0.29) is 11.5 Å². The van der Waals surface area contributed by atoms with Crippen LogP contribution in [0, 0.1) is 17.3 Å². The Balaban J connectivity index is 1.19. The predicted octanol–water partition coefficient (Wildman–Crippen LogP) is 9.33. The van der Waals surface area contributed by atoms with Crippen molar-refractivity contribution < 1.29 is 10.2 Å². The lowest BCUT2D eigenvalue weighted by Gasteiger charge is -2.50. The molecule has 7 heteroatoms. The Bertz CT molecular complexity index is 2040. The molecule has 0 bridgehead atoms. The van der Waals surface area contributed by atoms with Gasteiger partial charge in [-0.05, 0) is 114 Å². The van der Waals surface area contributed by atoms with Crippen LogP contribution in [0.15, 0.2) is 113 Å². The van der Waals surface area contributed by atoms with Crippen molar-refractivity contribution in [3.05, 3.63) is 135 Å². The lowest BCUT2D eigenvalue weighted by atomic mass is 9.55. The summed E-state index contributed by atoms with van der Waals surface area (Å²) in [6.07, 6.45) is 6.59. The number of aliphatic hydroxyl groups excluding tert-OH is 1. The number of aliphatic hydroxyl groups is 1. The Labute approximate surface area is 290 Å². The van der Waals surface area contributed by atoms with Gasteiger partial charge in [-0.2, -0.15) is 5.10 Å². The maximum absolute atomic E-state index is 11.4. The van der Waals surface area contributed by atoms with Gasteiger partial charge in [0.05, 0.1) is 17.5 Å². The van der Waals surface area contributed by atoms with Gasteiger partial charge in [0.2, 0.25) is 4.80 Å². The highest BCUT2D eigenvalue weighted by Crippen LogP contribution is 2.61. The van der Waals surface area contributed by atoms with Crippen LogP contribution in [-0.2, 0) is 12.8 Å². The summed E-state index contributed by atoms with van der Waals surface area (Å²) in [6, 6.07) is 32.5. The average Bonchev–Trinajstić information content (AvgIpc) is 3.68. The van der Waals surface area contributed by atoms with Crippen molar-refractivity contribution in [3.63, 3.8) is 0 Å². The first-order valence-corrected chi connectivity index (χ1v) is 18.4. The van der Waals surface area contributed by atoms with Crippen LogP contribution < -0.4 is 4.80 Å². The van der Waals surface area contributed by atoms with Crippen LogP contribution in [0.2, 0.25) is 5.02 Å². The van der Waals surface area contributed by atoms with Gasteiger partial charge in [0.15, 0.2) is 0 Å². The van der Waals surface area contributed by atoms with Gasteiger partial charge >= 0.3 is 0 Å². The number of phenols is 1. The molecule has 1 heterocycles. The number of benzene rings is 4. The molecule has 5 atom stereocenters. The van der Waals surface area contributed by atoms with Crippen LogP contribution in [0.25, 0.3) is 16.9 Å². The lowest BCUT2D eigenvalue weighted by molar-refractivity contribution is -0.0226. The minimum atomic E-state index is -0.181. The fraction of sp³-hybridized carbons (Fsp3) is 0.317. The first kappa shape index (κ1) is 31.3. The van der Waals surface area contributed by atoms with E-state index in [9.17, 15) is 10.2 Å². The molecular formula is C41H40ClN3O2S. The Kier molecular flexibility index (Phi) is 8.36. The van der Waals surface area contributed by atoms with E-state index < -0.39 is 0 Å². The lowest BCUT2D eigenvalue weighted by Crippen LogP contribution is -2.43. The third-order valence-corrected chi connectivity index (χ3v) is 12.5. The molecule has 3 aliphatic rings. The van der Waals surface area contributed by atoms with Crippen molar-refractivity contribution in [1.29, 1.82) is 0 Å². The number of nitrogens with zero attached hydrogens (tertiary/aromatic N) is 3. The minimum Gasteiger partial charge on any atom is -0.508 e. The molecule has 1 aromatic heterocycles. The van der Waals surface area contributed by atoms with Crippen molar-refractivity contribution in [2.24, 2.45) is 27.5 Å². The predicted molar refractivity (Wildman–Crippen MR) is 195 cm³/mol. The first-order valence-electron chi connectivity index (χ1n) is 17.1. The van der Waals surface area contributed by atoms with Crippen LogP contribution >= 0.6 is 22.9 Å². The monoisotopic (exact) mass is 673 g/mol. The summed E-state index contributed by atoms with van der Waals surface area (Å²) in [5, 5.41) is 34.9. The summed E-state index contributed by atoms with van der Waals surface area (Å²) in [7, 11) is 0. The minimum absolute atomic E-state index is 0.0398. The number of halogens is 1. The number of hydrogen-bond donors (Lipinski definition) is 2. The Morgan fingerprint density at radius 2 is 1.69 bits per heavy atom. The van der Waals surface area contributed by atoms with E-state index in [1.165, 1.54) is 11.1 Å². The number of fused-ring (bicyclic) bond motifs is 5. The molecule has 244 valence electrons. The zero-order valence-electron chi connectivity index (χ0n) is 27.1. The van der Waals surface area contributed by atoms with E-state index in [0.29, 0.717) is 34.9 Å². The summed E-state index contributed by atoms with van der Waals surface area (Å²) in [5.74, 6) is 1.95. The zero-order valence-corrected chi connectivity index (χ0v) is 28.7. The van der Waals surface area contributed by atoms with Gasteiger partial charge in [-0.15, -0.1) is 16.4 Å². The van der Waals surface area contributed by atoms with Crippen LogP contribution in [0.1, 0.15) is 67.2 Å². The van der Waals surface area contributed by atoms with Crippen LogP contribution in [-0.4, -0.2) is 26.6 Å². The number of hydrogen-bond acceptors (Lipinski definition) is 5. The Morgan fingerprint density at radius 3 is 2.46 bits per heavy atom. The normalized spacial score (nSPS) is 25.4. The van der Waals surface area contributed by atoms with Crippen molar-refractivity contribution in [3.8, 4) is 22.7 Å². The standard InChI is InChI=1S/C41H40ClN3O2S/c1-41-21-20-32-33(35(41)18-19-39(41)47)17-12-28-24-38(46)29(22-34(28)32)23-36(26-8-4-2-5-9-26)43-44-40-45(31-15-13-30(42)14-16-31)37(25-48-40)27-10-6-3-7-11-27/h2-11,13-16,22,24-25,32-33,35,39,46-47H,12,17-21,23H2,1H3/b43-36-,44-40-/t32-,33+,35-,39-,41-/m0/s1. The van der Waals surface area contributed by atoms with E-state index in [4.69, 9.17) is 21.8 Å². The van der Waals surface area contributed by atoms with Gasteiger partial charge in [0, 0.05) is 28.1 Å². The number of aryl methyl sites for hydroxylation is 1. The summed E-state index contributed by atoms with van der Waals surface area (Å²) >= 11 is 7.81. The molecule has 2 saturated carbocycles. The van der Waals surface area contributed by atoms with Crippen LogP contribution in [0.5, 0.6) is 5.75 Å². The number of aromatic hydroxyl groups is 1. The number of thiazole rings is 1. The van der Waals surface area contributed by atoms with Crippen molar-refractivity contribution in [2.45, 2.75) is 63.9 Å². The summed E-state index contributed by atoms with van der Waals surface area (Å²) in [5.41, 5.74) is 8.43. The van der Waals surface area contributed by atoms with E-state index in [0.717, 1.165) is 77.1 Å². The molecular weight excluding hydrogens is 634 g/mol. The van der Waals surface area contributed by atoms with Gasteiger partial charge < -0.3 is 10.2 Å². The van der Waals surface area contributed by atoms with Gasteiger partial charge in [-0.3, -0.25) is 4.57 Å². The smallest absolute Gasteiger partial charge is 0.215 e. The first-order chi connectivity index (χ1) is 23.4. The molecule has 8 rings (SSSR count). The molecule has 2 fully saturated rings. The molecule has 2 N–H and O–H groups in total. The quantitative estimate of drug-likeness (QED) is 0.139. The van der Waals surface area contributed by atoms with Gasteiger partial charge in [0.25, 0.3) is 0 Å². The second-order valence-electron chi connectivity index (χ2n) is 14.0. The topological polar surface area (TPSA) is 70.1 Å². The SMILES string of the molecule is C[C@]12CC[C@@H]3c4cc(C/C(=N/N=c5\scc(-c6ccccc6)n5-c5ccc(Cl)cc5)c5ccccc5)c(O)cc4CC[C@H]3[C@@H]1CC[C@@H]2O.